The lowest BCUT2D eigenvalue weighted by Crippen LogP contribution is -2.56. The van der Waals surface area contributed by atoms with E-state index in [-0.39, 0.29) is 0 Å². The molecule has 0 aromatic carbocycles. The molecule has 136 valence electrons. The molecule has 1 fully saturated rings. The summed E-state index contributed by atoms with van der Waals surface area (Å²) in [5.41, 5.74) is 0.122. The first-order valence-electron chi connectivity index (χ1n) is 8.00. The number of nitrogens with zero attached hydrogens (tertiary/aromatic N) is 5. The molecule has 1 aromatic rings. The fourth-order valence-corrected chi connectivity index (χ4v) is 4.45. The molecule has 10 heteroatoms. The quantitative estimate of drug-likeness (QED) is 0.838. The van der Waals surface area contributed by atoms with E-state index in [0.717, 1.165) is 11.4 Å². The first kappa shape index (κ1) is 18.2. The molecule has 0 aliphatic carbocycles. The predicted molar refractivity (Wildman–Crippen MR) is 97.0 cm³/mol. The Hall–Kier alpha value is -1.55. The van der Waals surface area contributed by atoms with Gasteiger partial charge in [-0.1, -0.05) is 11.6 Å². The van der Waals surface area contributed by atoms with Gasteiger partial charge < -0.3 is 4.90 Å². The Labute approximate surface area is 152 Å². The van der Waals surface area contributed by atoms with Crippen LogP contribution in [0.3, 0.4) is 0 Å². The topological polar surface area (TPSA) is 90.3 Å². The molecule has 0 atom stereocenters. The Kier molecular flexibility index (Phi) is 5.10. The summed E-state index contributed by atoms with van der Waals surface area (Å²) in [6, 6.07) is 3.62. The van der Waals surface area contributed by atoms with E-state index in [2.05, 4.69) is 19.9 Å². The van der Waals surface area contributed by atoms with E-state index in [9.17, 15) is 8.42 Å². The lowest BCUT2D eigenvalue weighted by Gasteiger charge is -2.37. The monoisotopic (exact) mass is 384 g/mol. The summed E-state index contributed by atoms with van der Waals surface area (Å²) in [6.07, 6.45) is 3.21. The molecule has 3 rings (SSSR count). The molecule has 0 saturated carbocycles. The van der Waals surface area contributed by atoms with E-state index in [4.69, 9.17) is 11.6 Å². The minimum atomic E-state index is -3.60. The zero-order chi connectivity index (χ0) is 18.1. The van der Waals surface area contributed by atoms with Gasteiger partial charge in [0, 0.05) is 32.4 Å². The number of nitrogens with one attached hydrogen (secondary N) is 1. The van der Waals surface area contributed by atoms with Gasteiger partial charge >= 0.3 is 0 Å². The summed E-state index contributed by atoms with van der Waals surface area (Å²) in [5.74, 6) is 0.800. The molecule has 1 aromatic heterocycles. The molecular weight excluding hydrogens is 364 g/mol. The normalized spacial score (nSPS) is 19.3. The van der Waals surface area contributed by atoms with E-state index >= 15 is 0 Å². The Bertz CT molecular complexity index is 783. The highest BCUT2D eigenvalue weighted by molar-refractivity contribution is 7.87. The van der Waals surface area contributed by atoms with Crippen LogP contribution in [0.5, 0.6) is 0 Å². The molecule has 8 nitrogen and oxygen atoms in total. The van der Waals surface area contributed by atoms with Crippen LogP contribution in [0.4, 0.5) is 5.82 Å². The number of anilines is 1. The van der Waals surface area contributed by atoms with Gasteiger partial charge in [0.25, 0.3) is 10.2 Å². The van der Waals surface area contributed by atoms with Gasteiger partial charge in [-0.25, -0.2) is 4.98 Å². The van der Waals surface area contributed by atoms with Crippen LogP contribution in [0.15, 0.2) is 40.3 Å². The lowest BCUT2D eigenvalue weighted by atomic mass is 9.97. The third-order valence-electron chi connectivity index (χ3n) is 4.34. The number of pyridine rings is 1. The summed E-state index contributed by atoms with van der Waals surface area (Å²) in [5, 5.41) is 8.28. The second-order valence-electron chi connectivity index (χ2n) is 6.52. The number of hydrogen-bond acceptors (Lipinski definition) is 6. The largest absolute Gasteiger partial charge is 0.354 e. The fourth-order valence-electron chi connectivity index (χ4n) is 2.79. The van der Waals surface area contributed by atoms with Crippen molar-refractivity contribution in [3.8, 4) is 0 Å². The third kappa shape index (κ3) is 4.17. The number of aromatic nitrogens is 1. The highest BCUT2D eigenvalue weighted by Crippen LogP contribution is 2.23. The summed E-state index contributed by atoms with van der Waals surface area (Å²) in [6.45, 7) is 5.99. The van der Waals surface area contributed by atoms with Crippen molar-refractivity contribution in [2.45, 2.75) is 19.4 Å². The molecule has 0 radical (unpaired) electrons. The van der Waals surface area contributed by atoms with Gasteiger partial charge in [-0.3, -0.25) is 0 Å². The summed E-state index contributed by atoms with van der Waals surface area (Å²) >= 11 is 5.85. The van der Waals surface area contributed by atoms with Gasteiger partial charge in [-0.15, -0.1) is 0 Å². The zero-order valence-corrected chi connectivity index (χ0v) is 15.8. The summed E-state index contributed by atoms with van der Waals surface area (Å²) < 4.78 is 29.7. The lowest BCUT2D eigenvalue weighted by molar-refractivity contribution is 0.366. The van der Waals surface area contributed by atoms with E-state index in [1.807, 2.05) is 24.8 Å². The van der Waals surface area contributed by atoms with Crippen LogP contribution in [0.25, 0.3) is 0 Å². The van der Waals surface area contributed by atoms with Gasteiger partial charge in [0.2, 0.25) is 0 Å². The number of hydrogen-bond donors (Lipinski definition) is 1. The van der Waals surface area contributed by atoms with Crippen LogP contribution in [-0.2, 0) is 10.2 Å². The Morgan fingerprint density at radius 1 is 1.20 bits per heavy atom. The second kappa shape index (κ2) is 6.99. The minimum absolute atomic E-state index is 0.392. The minimum Gasteiger partial charge on any atom is -0.354 e. The second-order valence-corrected chi connectivity index (χ2v) is 8.63. The average Bonchev–Trinajstić information content (AvgIpc) is 3.10. The van der Waals surface area contributed by atoms with E-state index in [1.165, 1.54) is 4.31 Å². The molecule has 2 aliphatic rings. The molecule has 0 amide bonds. The Morgan fingerprint density at radius 2 is 1.92 bits per heavy atom. The maximum absolute atomic E-state index is 12.7. The Balaban J connectivity index is 1.62. The van der Waals surface area contributed by atoms with Crippen molar-refractivity contribution in [2.75, 3.05) is 37.6 Å². The average molecular weight is 385 g/mol. The SMILES string of the molecule is CC(C)(NS(=O)(=O)N1CCN(c2ccc(Cl)cn2)CC1)C1=CN=NC1. The number of halogens is 1. The van der Waals surface area contributed by atoms with Crippen molar-refractivity contribution < 1.29 is 8.42 Å². The van der Waals surface area contributed by atoms with Crippen molar-refractivity contribution >= 4 is 27.6 Å². The molecule has 1 saturated heterocycles. The molecule has 0 bridgehead atoms. The van der Waals surface area contributed by atoms with E-state index < -0.39 is 15.7 Å². The van der Waals surface area contributed by atoms with Crippen molar-refractivity contribution in [3.05, 3.63) is 35.1 Å². The van der Waals surface area contributed by atoms with Crippen LogP contribution in [0.1, 0.15) is 13.8 Å². The molecular formula is C15H21ClN6O2S. The van der Waals surface area contributed by atoms with Gasteiger partial charge in [0.1, 0.15) is 5.82 Å². The zero-order valence-electron chi connectivity index (χ0n) is 14.2. The van der Waals surface area contributed by atoms with Crippen LogP contribution in [0, 0.1) is 0 Å². The standard InChI is InChI=1S/C15H21ClN6O2S/c1-15(2,12-9-18-19-10-12)20-25(23,24)22-7-5-21(6-8-22)14-4-3-13(16)11-17-14/h3-4,9,11,20H,5-8,10H2,1-2H3. The van der Waals surface area contributed by atoms with Crippen molar-refractivity contribution in [1.29, 1.82) is 0 Å². The van der Waals surface area contributed by atoms with Crippen LogP contribution in [0.2, 0.25) is 5.02 Å². The van der Waals surface area contributed by atoms with Crippen LogP contribution < -0.4 is 9.62 Å². The first-order chi connectivity index (χ1) is 11.8. The predicted octanol–water partition coefficient (Wildman–Crippen LogP) is 1.82. The van der Waals surface area contributed by atoms with E-state index in [1.54, 1.807) is 18.5 Å². The van der Waals surface area contributed by atoms with Crippen molar-refractivity contribution in [2.24, 2.45) is 10.2 Å². The molecule has 1 N–H and O–H groups in total. The molecule has 3 heterocycles. The third-order valence-corrected chi connectivity index (χ3v) is 6.37. The maximum Gasteiger partial charge on any atom is 0.280 e. The highest BCUT2D eigenvalue weighted by Gasteiger charge is 2.35. The van der Waals surface area contributed by atoms with Crippen LogP contribution >= 0.6 is 11.6 Å². The molecule has 0 unspecified atom stereocenters. The van der Waals surface area contributed by atoms with E-state index in [0.29, 0.717) is 37.7 Å². The summed E-state index contributed by atoms with van der Waals surface area (Å²) in [7, 11) is -3.60. The number of rotatable bonds is 5. The van der Waals surface area contributed by atoms with Gasteiger partial charge in [-0.2, -0.15) is 27.7 Å². The van der Waals surface area contributed by atoms with Gasteiger partial charge in [0.05, 0.1) is 23.3 Å². The van der Waals surface area contributed by atoms with Crippen LogP contribution in [-0.4, -0.2) is 56.0 Å². The number of piperazine rings is 1. The first-order valence-corrected chi connectivity index (χ1v) is 9.81. The molecule has 2 aliphatic heterocycles. The fraction of sp³-hybridized carbons (Fsp3) is 0.533. The Morgan fingerprint density at radius 3 is 2.48 bits per heavy atom. The maximum atomic E-state index is 12.7. The van der Waals surface area contributed by atoms with Crippen molar-refractivity contribution in [1.82, 2.24) is 14.0 Å². The number of azo groups is 1. The molecule has 0 spiro atoms. The van der Waals surface area contributed by atoms with Gasteiger partial charge in [-0.05, 0) is 31.6 Å². The smallest absolute Gasteiger partial charge is 0.280 e. The van der Waals surface area contributed by atoms with Crippen molar-refractivity contribution in [3.63, 3.8) is 0 Å². The molecule has 25 heavy (non-hydrogen) atoms. The highest BCUT2D eigenvalue weighted by atomic mass is 35.5. The van der Waals surface area contributed by atoms with Gasteiger partial charge in [0.15, 0.2) is 0 Å². The summed E-state index contributed by atoms with van der Waals surface area (Å²) in [4.78, 5) is 6.33.